The van der Waals surface area contributed by atoms with Crippen molar-refractivity contribution in [3.63, 3.8) is 0 Å². The van der Waals surface area contributed by atoms with Gasteiger partial charge in [0.05, 0.1) is 5.52 Å². The molecule has 2 heterocycles. The molecule has 0 aliphatic heterocycles. The molecule has 3 rings (SSSR count). The first-order valence-corrected chi connectivity index (χ1v) is 8.36. The molecule has 1 fully saturated rings. The molecule has 0 radical (unpaired) electrons. The summed E-state index contributed by atoms with van der Waals surface area (Å²) in [5, 5.41) is 0.679. The molecule has 3 nitrogen and oxygen atoms in total. The third-order valence-corrected chi connectivity index (χ3v) is 5.44. The van der Waals surface area contributed by atoms with Crippen LogP contribution in [0.4, 0.5) is 0 Å². The number of aryl methyl sites for hydroxylation is 1. The number of H-pyrrole nitrogens is 1. The predicted octanol–water partition coefficient (Wildman–Crippen LogP) is 4.25. The van der Waals surface area contributed by atoms with Crippen molar-refractivity contribution in [3.05, 3.63) is 22.6 Å². The van der Waals surface area contributed by atoms with E-state index in [9.17, 15) is 0 Å². The molecule has 0 aromatic carbocycles. The highest BCUT2D eigenvalue weighted by Crippen LogP contribution is 2.39. The van der Waals surface area contributed by atoms with Crippen molar-refractivity contribution in [2.45, 2.75) is 44.4 Å². The van der Waals surface area contributed by atoms with Crippen molar-refractivity contribution in [1.82, 2.24) is 14.5 Å². The van der Waals surface area contributed by atoms with Crippen LogP contribution in [0.15, 0.2) is 12.1 Å². The van der Waals surface area contributed by atoms with Gasteiger partial charge in [0.15, 0.2) is 10.4 Å². The predicted molar refractivity (Wildman–Crippen MR) is 84.5 cm³/mol. The van der Waals surface area contributed by atoms with E-state index in [1.807, 2.05) is 13.0 Å². The molecule has 2 aromatic rings. The van der Waals surface area contributed by atoms with Gasteiger partial charge in [0.25, 0.3) is 0 Å². The van der Waals surface area contributed by atoms with Crippen molar-refractivity contribution in [2.75, 3.05) is 5.75 Å². The Bertz CT molecular complexity index is 644. The van der Waals surface area contributed by atoms with Gasteiger partial charge in [-0.15, -0.1) is 0 Å². The van der Waals surface area contributed by atoms with Gasteiger partial charge in [0.2, 0.25) is 0 Å². The van der Waals surface area contributed by atoms with Crippen molar-refractivity contribution >= 4 is 35.1 Å². The summed E-state index contributed by atoms with van der Waals surface area (Å²) in [5.41, 5.74) is 3.13. The van der Waals surface area contributed by atoms with E-state index in [0.717, 1.165) is 21.6 Å². The second-order valence-corrected chi connectivity index (χ2v) is 7.02. The highest BCUT2D eigenvalue weighted by molar-refractivity contribution is 7.99. The average molecular weight is 293 g/mol. The van der Waals surface area contributed by atoms with E-state index in [4.69, 9.17) is 17.2 Å². The van der Waals surface area contributed by atoms with Gasteiger partial charge in [-0.2, -0.15) is 11.8 Å². The summed E-state index contributed by atoms with van der Waals surface area (Å²) in [5.74, 6) is 1.17. The van der Waals surface area contributed by atoms with Crippen LogP contribution >= 0.6 is 24.0 Å². The molecular formula is C14H19N3S2. The number of hydrogen-bond acceptors (Lipinski definition) is 3. The summed E-state index contributed by atoms with van der Waals surface area (Å²) in [7, 11) is 0. The first-order chi connectivity index (χ1) is 9.20. The monoisotopic (exact) mass is 293 g/mol. The Kier molecular flexibility index (Phi) is 3.67. The molecule has 2 unspecified atom stereocenters. The minimum Gasteiger partial charge on any atom is -0.329 e. The molecule has 1 N–H and O–H groups in total. The number of nitrogens with one attached hydrogen (secondary N) is 1. The molecule has 19 heavy (non-hydrogen) atoms. The SMILES string of the molecule is CCSC1CCCC1n1c(=S)[nH]c2ccc(C)nc21. The van der Waals surface area contributed by atoms with Crippen molar-refractivity contribution in [1.29, 1.82) is 0 Å². The van der Waals surface area contributed by atoms with Crippen LogP contribution in [0.25, 0.3) is 11.2 Å². The van der Waals surface area contributed by atoms with Crippen molar-refractivity contribution in [2.24, 2.45) is 0 Å². The normalized spacial score (nSPS) is 23.3. The highest BCUT2D eigenvalue weighted by Gasteiger charge is 2.30. The Morgan fingerprint density at radius 2 is 2.32 bits per heavy atom. The maximum absolute atomic E-state index is 5.53. The Hall–Kier alpha value is -0.810. The molecule has 102 valence electrons. The Morgan fingerprint density at radius 1 is 1.47 bits per heavy atom. The van der Waals surface area contributed by atoms with Gasteiger partial charge < -0.3 is 4.98 Å². The Balaban J connectivity index is 2.11. The topological polar surface area (TPSA) is 33.6 Å². The fourth-order valence-electron chi connectivity index (χ4n) is 3.01. The maximum atomic E-state index is 5.53. The van der Waals surface area contributed by atoms with Gasteiger partial charge >= 0.3 is 0 Å². The van der Waals surface area contributed by atoms with Crippen LogP contribution in [-0.4, -0.2) is 25.5 Å². The van der Waals surface area contributed by atoms with E-state index in [1.165, 1.54) is 25.0 Å². The molecule has 0 saturated heterocycles. The third-order valence-electron chi connectivity index (χ3n) is 3.83. The van der Waals surface area contributed by atoms with Gasteiger partial charge in [0.1, 0.15) is 0 Å². The Morgan fingerprint density at radius 3 is 3.11 bits per heavy atom. The molecular weight excluding hydrogens is 274 g/mol. The van der Waals surface area contributed by atoms with Gasteiger partial charge in [0, 0.05) is 17.0 Å². The lowest BCUT2D eigenvalue weighted by Crippen LogP contribution is -2.17. The van der Waals surface area contributed by atoms with Gasteiger partial charge in [-0.05, 0) is 49.9 Å². The first kappa shape index (κ1) is 13.2. The van der Waals surface area contributed by atoms with Crippen LogP contribution in [-0.2, 0) is 0 Å². The van der Waals surface area contributed by atoms with Crippen molar-refractivity contribution < 1.29 is 0 Å². The second kappa shape index (κ2) is 5.29. The lowest BCUT2D eigenvalue weighted by molar-refractivity contribution is 0.532. The summed E-state index contributed by atoms with van der Waals surface area (Å²) in [6.07, 6.45) is 3.81. The summed E-state index contributed by atoms with van der Waals surface area (Å²) in [6.45, 7) is 4.27. The van der Waals surface area contributed by atoms with E-state index in [0.29, 0.717) is 11.3 Å². The summed E-state index contributed by atoms with van der Waals surface area (Å²) < 4.78 is 3.08. The van der Waals surface area contributed by atoms with E-state index >= 15 is 0 Å². The van der Waals surface area contributed by atoms with Crippen LogP contribution in [0, 0.1) is 11.7 Å². The highest BCUT2D eigenvalue weighted by atomic mass is 32.2. The number of fused-ring (bicyclic) bond motifs is 1. The standard InChI is InChI=1S/C14H19N3S2/c1-3-19-12-6-4-5-11(12)17-13-10(16-14(17)18)8-7-9(2)15-13/h7-8,11-12H,3-6H2,1-2H3,(H,16,18). The number of aromatic amines is 1. The minimum atomic E-state index is 0.500. The minimum absolute atomic E-state index is 0.500. The number of rotatable bonds is 3. The number of aromatic nitrogens is 3. The zero-order valence-electron chi connectivity index (χ0n) is 11.3. The smallest absolute Gasteiger partial charge is 0.179 e. The van der Waals surface area contributed by atoms with Crippen LogP contribution in [0.1, 0.15) is 37.9 Å². The summed E-state index contributed by atoms with van der Waals surface area (Å²) in [4.78, 5) is 7.99. The van der Waals surface area contributed by atoms with Gasteiger partial charge in [-0.25, -0.2) is 4.98 Å². The van der Waals surface area contributed by atoms with Crippen molar-refractivity contribution in [3.8, 4) is 0 Å². The largest absolute Gasteiger partial charge is 0.329 e. The van der Waals surface area contributed by atoms with Crippen LogP contribution < -0.4 is 0 Å². The molecule has 1 aliphatic rings. The molecule has 2 aromatic heterocycles. The number of pyridine rings is 1. The quantitative estimate of drug-likeness (QED) is 0.859. The lowest BCUT2D eigenvalue weighted by atomic mass is 10.2. The average Bonchev–Trinajstić information content (AvgIpc) is 2.93. The third kappa shape index (κ3) is 2.34. The number of hydrogen-bond donors (Lipinski definition) is 1. The van der Waals surface area contributed by atoms with E-state index < -0.39 is 0 Å². The summed E-state index contributed by atoms with van der Waals surface area (Å²) >= 11 is 7.59. The lowest BCUT2D eigenvalue weighted by Gasteiger charge is -2.20. The molecule has 0 bridgehead atoms. The molecule has 0 spiro atoms. The zero-order chi connectivity index (χ0) is 13.4. The van der Waals surface area contributed by atoms with E-state index in [2.05, 4.69) is 34.3 Å². The van der Waals surface area contributed by atoms with Crippen LogP contribution in [0.3, 0.4) is 0 Å². The van der Waals surface area contributed by atoms with E-state index in [1.54, 1.807) is 0 Å². The molecule has 1 aliphatic carbocycles. The number of imidazole rings is 1. The molecule has 2 atom stereocenters. The number of nitrogens with zero attached hydrogens (tertiary/aromatic N) is 2. The van der Waals surface area contributed by atoms with Crippen LogP contribution in [0.2, 0.25) is 0 Å². The molecule has 5 heteroatoms. The van der Waals surface area contributed by atoms with Gasteiger partial charge in [-0.1, -0.05) is 13.3 Å². The maximum Gasteiger partial charge on any atom is 0.179 e. The van der Waals surface area contributed by atoms with E-state index in [-0.39, 0.29) is 0 Å². The summed E-state index contributed by atoms with van der Waals surface area (Å²) in [6, 6.07) is 4.62. The van der Waals surface area contributed by atoms with Crippen LogP contribution in [0.5, 0.6) is 0 Å². The fourth-order valence-corrected chi connectivity index (χ4v) is 4.59. The Labute approximate surface area is 122 Å². The molecule has 1 saturated carbocycles. The number of thioether (sulfide) groups is 1. The zero-order valence-corrected chi connectivity index (χ0v) is 13.0. The first-order valence-electron chi connectivity index (χ1n) is 6.90. The molecule has 0 amide bonds. The van der Waals surface area contributed by atoms with Gasteiger partial charge in [-0.3, -0.25) is 4.57 Å². The fraction of sp³-hybridized carbons (Fsp3) is 0.571. The second-order valence-electron chi connectivity index (χ2n) is 5.12.